The summed E-state index contributed by atoms with van der Waals surface area (Å²) in [4.78, 5) is 16.8. The van der Waals surface area contributed by atoms with E-state index >= 15 is 0 Å². The van der Waals surface area contributed by atoms with Gasteiger partial charge in [0.25, 0.3) is 5.56 Å². The van der Waals surface area contributed by atoms with Gasteiger partial charge in [-0.1, -0.05) is 23.7 Å². The van der Waals surface area contributed by atoms with Gasteiger partial charge in [0.1, 0.15) is 11.3 Å². The molecule has 112 valence electrons. The summed E-state index contributed by atoms with van der Waals surface area (Å²) in [6, 6.07) is 9.46. The molecular weight excluding hydrogens is 300 g/mol. The van der Waals surface area contributed by atoms with Gasteiger partial charge in [0.15, 0.2) is 0 Å². The minimum Gasteiger partial charge on any atom is -0.497 e. The smallest absolute Gasteiger partial charge is 0.277 e. The van der Waals surface area contributed by atoms with Gasteiger partial charge >= 0.3 is 0 Å². The highest BCUT2D eigenvalue weighted by Gasteiger charge is 2.09. The monoisotopic (exact) mass is 314 g/mol. The maximum Gasteiger partial charge on any atom is 0.277 e. The summed E-state index contributed by atoms with van der Waals surface area (Å²) in [7, 11) is 1.63. The number of pyridine rings is 2. The Labute approximate surface area is 132 Å². The van der Waals surface area contributed by atoms with E-state index in [9.17, 15) is 4.79 Å². The third kappa shape index (κ3) is 2.57. The van der Waals surface area contributed by atoms with E-state index < -0.39 is 0 Å². The fourth-order valence-electron chi connectivity index (χ4n) is 2.35. The SMILES string of the molecule is COc1ccc(Cn2ccc3c(Cl)c(C)cnc3c2=O)cc1. The first-order valence-corrected chi connectivity index (χ1v) is 7.25. The lowest BCUT2D eigenvalue weighted by atomic mass is 10.2. The second-order valence-corrected chi connectivity index (χ2v) is 5.49. The van der Waals surface area contributed by atoms with Gasteiger partial charge in [0.05, 0.1) is 18.7 Å². The molecule has 5 heteroatoms. The predicted octanol–water partition coefficient (Wildman–Crippen LogP) is 3.42. The van der Waals surface area contributed by atoms with Crippen LogP contribution in [0.1, 0.15) is 11.1 Å². The van der Waals surface area contributed by atoms with Crippen molar-refractivity contribution in [1.82, 2.24) is 9.55 Å². The van der Waals surface area contributed by atoms with Gasteiger partial charge in [0, 0.05) is 17.8 Å². The second kappa shape index (κ2) is 5.81. The second-order valence-electron chi connectivity index (χ2n) is 5.11. The van der Waals surface area contributed by atoms with E-state index in [0.29, 0.717) is 22.5 Å². The molecule has 0 fully saturated rings. The van der Waals surface area contributed by atoms with E-state index in [4.69, 9.17) is 16.3 Å². The molecule has 0 saturated carbocycles. The Morgan fingerprint density at radius 2 is 1.95 bits per heavy atom. The number of benzene rings is 1. The van der Waals surface area contributed by atoms with Crippen LogP contribution in [-0.4, -0.2) is 16.7 Å². The number of methoxy groups -OCH3 is 1. The topological polar surface area (TPSA) is 44.1 Å². The number of hydrogen-bond acceptors (Lipinski definition) is 3. The molecule has 0 amide bonds. The fourth-order valence-corrected chi connectivity index (χ4v) is 2.55. The largest absolute Gasteiger partial charge is 0.497 e. The van der Waals surface area contributed by atoms with E-state index in [1.807, 2.05) is 37.3 Å². The van der Waals surface area contributed by atoms with Crippen molar-refractivity contribution < 1.29 is 4.74 Å². The van der Waals surface area contributed by atoms with E-state index in [1.54, 1.807) is 24.1 Å². The summed E-state index contributed by atoms with van der Waals surface area (Å²) in [5.74, 6) is 0.790. The molecule has 0 aliphatic heterocycles. The van der Waals surface area contributed by atoms with Gasteiger partial charge in [0.2, 0.25) is 0 Å². The first-order valence-electron chi connectivity index (χ1n) is 6.87. The summed E-state index contributed by atoms with van der Waals surface area (Å²) in [6.07, 6.45) is 3.38. The molecule has 0 bridgehead atoms. The fraction of sp³-hybridized carbons (Fsp3) is 0.176. The molecule has 22 heavy (non-hydrogen) atoms. The van der Waals surface area contributed by atoms with Gasteiger partial charge in [-0.25, -0.2) is 0 Å². The van der Waals surface area contributed by atoms with Crippen molar-refractivity contribution in [2.75, 3.05) is 7.11 Å². The highest BCUT2D eigenvalue weighted by atomic mass is 35.5. The predicted molar refractivity (Wildman–Crippen MR) is 87.8 cm³/mol. The van der Waals surface area contributed by atoms with Crippen molar-refractivity contribution in [2.24, 2.45) is 0 Å². The standard InChI is InChI=1S/C17H15ClN2O2/c1-11-9-19-16-14(15(11)18)7-8-20(17(16)21)10-12-3-5-13(22-2)6-4-12/h3-9H,10H2,1-2H3. The van der Waals surface area contributed by atoms with Crippen molar-refractivity contribution in [3.8, 4) is 5.75 Å². The zero-order chi connectivity index (χ0) is 15.7. The van der Waals surface area contributed by atoms with E-state index in [-0.39, 0.29) is 5.56 Å². The summed E-state index contributed by atoms with van der Waals surface area (Å²) in [6.45, 7) is 2.35. The Bertz CT molecular complexity index is 886. The van der Waals surface area contributed by atoms with Crippen LogP contribution in [0.2, 0.25) is 5.02 Å². The van der Waals surface area contributed by atoms with Gasteiger partial charge in [-0.15, -0.1) is 0 Å². The van der Waals surface area contributed by atoms with E-state index in [2.05, 4.69) is 4.98 Å². The number of rotatable bonds is 3. The van der Waals surface area contributed by atoms with Gasteiger partial charge in [-0.3, -0.25) is 9.78 Å². The molecule has 3 aromatic rings. The van der Waals surface area contributed by atoms with Crippen molar-refractivity contribution in [3.05, 3.63) is 69.2 Å². The molecule has 2 heterocycles. The number of aryl methyl sites for hydroxylation is 1. The van der Waals surface area contributed by atoms with Crippen LogP contribution in [0, 0.1) is 6.92 Å². The van der Waals surface area contributed by atoms with Crippen LogP contribution < -0.4 is 10.3 Å². The van der Waals surface area contributed by atoms with Crippen LogP contribution in [0.25, 0.3) is 10.9 Å². The molecule has 0 aliphatic carbocycles. The number of nitrogens with zero attached hydrogens (tertiary/aromatic N) is 2. The lowest BCUT2D eigenvalue weighted by Gasteiger charge is -2.09. The van der Waals surface area contributed by atoms with Crippen molar-refractivity contribution in [3.63, 3.8) is 0 Å². The first-order chi connectivity index (χ1) is 10.6. The molecule has 0 atom stereocenters. The molecule has 0 radical (unpaired) electrons. The Morgan fingerprint density at radius 3 is 2.64 bits per heavy atom. The third-order valence-corrected chi connectivity index (χ3v) is 4.12. The molecule has 0 N–H and O–H groups in total. The van der Waals surface area contributed by atoms with E-state index in [0.717, 1.165) is 16.9 Å². The van der Waals surface area contributed by atoms with Crippen molar-refractivity contribution in [1.29, 1.82) is 0 Å². The quantitative estimate of drug-likeness (QED) is 0.744. The number of aromatic nitrogens is 2. The molecule has 0 unspecified atom stereocenters. The maximum atomic E-state index is 12.5. The average Bonchev–Trinajstić information content (AvgIpc) is 2.54. The Hall–Kier alpha value is -2.33. The maximum absolute atomic E-state index is 12.5. The molecule has 2 aromatic heterocycles. The van der Waals surface area contributed by atoms with Crippen molar-refractivity contribution >= 4 is 22.5 Å². The average molecular weight is 315 g/mol. The number of fused-ring (bicyclic) bond motifs is 1. The number of ether oxygens (including phenoxy) is 1. The molecule has 4 nitrogen and oxygen atoms in total. The van der Waals surface area contributed by atoms with Gasteiger partial charge < -0.3 is 9.30 Å². The summed E-state index contributed by atoms with van der Waals surface area (Å²) < 4.78 is 6.76. The Kier molecular flexibility index (Phi) is 3.86. The van der Waals surface area contributed by atoms with Crippen LogP contribution in [0.4, 0.5) is 0 Å². The molecule has 3 rings (SSSR count). The van der Waals surface area contributed by atoms with Gasteiger partial charge in [-0.05, 0) is 36.2 Å². The van der Waals surface area contributed by atoms with Crippen LogP contribution >= 0.6 is 11.6 Å². The Morgan fingerprint density at radius 1 is 1.23 bits per heavy atom. The van der Waals surface area contributed by atoms with Crippen LogP contribution in [0.5, 0.6) is 5.75 Å². The molecular formula is C17H15ClN2O2. The lowest BCUT2D eigenvalue weighted by Crippen LogP contribution is -2.21. The summed E-state index contributed by atoms with van der Waals surface area (Å²) in [5, 5.41) is 1.27. The molecule has 0 aliphatic rings. The Balaban J connectivity index is 2.02. The zero-order valence-electron chi connectivity index (χ0n) is 12.3. The minimum atomic E-state index is -0.143. The van der Waals surface area contributed by atoms with Crippen LogP contribution in [0.15, 0.2) is 47.5 Å². The minimum absolute atomic E-state index is 0.143. The summed E-state index contributed by atoms with van der Waals surface area (Å²) >= 11 is 6.24. The zero-order valence-corrected chi connectivity index (χ0v) is 13.1. The van der Waals surface area contributed by atoms with Crippen molar-refractivity contribution in [2.45, 2.75) is 13.5 Å². The molecule has 1 aromatic carbocycles. The highest BCUT2D eigenvalue weighted by molar-refractivity contribution is 6.36. The molecule has 0 spiro atoms. The van der Waals surface area contributed by atoms with Crippen LogP contribution in [0.3, 0.4) is 0 Å². The summed E-state index contributed by atoms with van der Waals surface area (Å²) in [5.41, 5.74) is 2.13. The lowest BCUT2D eigenvalue weighted by molar-refractivity contribution is 0.414. The molecule has 0 saturated heterocycles. The first kappa shape index (κ1) is 14.6. The number of hydrogen-bond donors (Lipinski definition) is 0. The van der Waals surface area contributed by atoms with Gasteiger partial charge in [-0.2, -0.15) is 0 Å². The van der Waals surface area contributed by atoms with E-state index in [1.165, 1.54) is 0 Å². The normalized spacial score (nSPS) is 10.9. The third-order valence-electron chi connectivity index (χ3n) is 3.62. The number of halogens is 1. The highest BCUT2D eigenvalue weighted by Crippen LogP contribution is 2.23. The van der Waals surface area contributed by atoms with Crippen LogP contribution in [-0.2, 0) is 6.54 Å².